The van der Waals surface area contributed by atoms with Crippen molar-refractivity contribution in [2.24, 2.45) is 11.8 Å². The van der Waals surface area contributed by atoms with Crippen molar-refractivity contribution in [3.05, 3.63) is 42.1 Å². The summed E-state index contributed by atoms with van der Waals surface area (Å²) in [6, 6.07) is 11.8. The number of nitrogen functional groups attached to an aromatic ring is 1. The van der Waals surface area contributed by atoms with Crippen LogP contribution >= 0.6 is 0 Å². The molecule has 2 aromatic rings. The molecule has 3 N–H and O–H groups in total. The second-order valence-corrected chi connectivity index (χ2v) is 4.68. The summed E-state index contributed by atoms with van der Waals surface area (Å²) in [6.07, 6.45) is 0.914. The average molecular weight is 242 g/mol. The second kappa shape index (κ2) is 5.60. The van der Waals surface area contributed by atoms with Crippen molar-refractivity contribution in [3.63, 3.8) is 0 Å². The van der Waals surface area contributed by atoms with Crippen LogP contribution < -0.4 is 11.3 Å². The van der Waals surface area contributed by atoms with E-state index in [1.807, 2.05) is 36.4 Å². The SMILES string of the molecule is CC(C)Cc1cc(NN)nc(-c2ccccc2)n1. The van der Waals surface area contributed by atoms with Crippen molar-refractivity contribution in [3.8, 4) is 11.4 Å². The van der Waals surface area contributed by atoms with E-state index in [1.165, 1.54) is 0 Å². The predicted octanol–water partition coefficient (Wildman–Crippen LogP) is 2.63. The van der Waals surface area contributed by atoms with Gasteiger partial charge in [0, 0.05) is 17.3 Å². The molecule has 0 spiro atoms. The molecule has 2 rings (SSSR count). The third-order valence-corrected chi connectivity index (χ3v) is 2.58. The lowest BCUT2D eigenvalue weighted by Crippen LogP contribution is -2.11. The molecular formula is C14H18N4. The Bertz CT molecular complexity index is 508. The molecule has 0 saturated heterocycles. The lowest BCUT2D eigenvalue weighted by atomic mass is 10.1. The van der Waals surface area contributed by atoms with E-state index in [2.05, 4.69) is 29.2 Å². The molecule has 0 aliphatic rings. The highest BCUT2D eigenvalue weighted by atomic mass is 15.3. The van der Waals surface area contributed by atoms with Crippen LogP contribution in [0, 0.1) is 5.92 Å². The third-order valence-electron chi connectivity index (χ3n) is 2.58. The van der Waals surface area contributed by atoms with Gasteiger partial charge in [-0.15, -0.1) is 0 Å². The van der Waals surface area contributed by atoms with Crippen molar-refractivity contribution in [1.29, 1.82) is 0 Å². The summed E-state index contributed by atoms with van der Waals surface area (Å²) in [5.41, 5.74) is 4.61. The van der Waals surface area contributed by atoms with E-state index in [0.29, 0.717) is 17.6 Å². The van der Waals surface area contributed by atoms with Gasteiger partial charge in [-0.2, -0.15) is 0 Å². The number of nitrogens with two attached hydrogens (primary N) is 1. The summed E-state index contributed by atoms with van der Waals surface area (Å²) >= 11 is 0. The summed E-state index contributed by atoms with van der Waals surface area (Å²) in [6.45, 7) is 4.33. The molecule has 0 fully saturated rings. The van der Waals surface area contributed by atoms with E-state index in [9.17, 15) is 0 Å². The quantitative estimate of drug-likeness (QED) is 0.639. The van der Waals surface area contributed by atoms with Crippen LogP contribution in [0.5, 0.6) is 0 Å². The Kier molecular flexibility index (Phi) is 3.89. The topological polar surface area (TPSA) is 63.8 Å². The molecule has 1 heterocycles. The summed E-state index contributed by atoms with van der Waals surface area (Å²) in [5.74, 6) is 7.37. The summed E-state index contributed by atoms with van der Waals surface area (Å²) in [5, 5.41) is 0. The van der Waals surface area contributed by atoms with E-state index < -0.39 is 0 Å². The van der Waals surface area contributed by atoms with Crippen LogP contribution in [0.25, 0.3) is 11.4 Å². The molecule has 4 nitrogen and oxygen atoms in total. The van der Waals surface area contributed by atoms with E-state index in [1.54, 1.807) is 0 Å². The molecular weight excluding hydrogens is 224 g/mol. The summed E-state index contributed by atoms with van der Waals surface area (Å²) < 4.78 is 0. The molecule has 0 bridgehead atoms. The Labute approximate surface area is 107 Å². The molecule has 0 unspecified atom stereocenters. The fraction of sp³-hybridized carbons (Fsp3) is 0.286. The predicted molar refractivity (Wildman–Crippen MR) is 73.8 cm³/mol. The number of hydrogen-bond donors (Lipinski definition) is 2. The average Bonchev–Trinajstić information content (AvgIpc) is 2.38. The highest BCUT2D eigenvalue weighted by molar-refractivity contribution is 5.57. The molecule has 1 aromatic carbocycles. The number of hydrazine groups is 1. The zero-order chi connectivity index (χ0) is 13.0. The minimum absolute atomic E-state index is 0.550. The maximum Gasteiger partial charge on any atom is 0.161 e. The van der Waals surface area contributed by atoms with Gasteiger partial charge in [-0.25, -0.2) is 15.8 Å². The standard InChI is InChI=1S/C14H18N4/c1-10(2)8-12-9-13(18-15)17-14(16-12)11-6-4-3-5-7-11/h3-7,9-10H,8,15H2,1-2H3,(H,16,17,18). The minimum atomic E-state index is 0.550. The van der Waals surface area contributed by atoms with Gasteiger partial charge >= 0.3 is 0 Å². The third kappa shape index (κ3) is 3.05. The van der Waals surface area contributed by atoms with Crippen LogP contribution in [0.4, 0.5) is 5.82 Å². The number of nitrogens with zero attached hydrogens (tertiary/aromatic N) is 2. The first-order valence-corrected chi connectivity index (χ1v) is 6.09. The van der Waals surface area contributed by atoms with Crippen molar-refractivity contribution >= 4 is 5.82 Å². The molecule has 1 aromatic heterocycles. The highest BCUT2D eigenvalue weighted by Gasteiger charge is 2.07. The summed E-state index contributed by atoms with van der Waals surface area (Å²) in [4.78, 5) is 8.97. The first kappa shape index (κ1) is 12.5. The normalized spacial score (nSPS) is 10.7. The molecule has 0 radical (unpaired) electrons. The largest absolute Gasteiger partial charge is 0.308 e. The van der Waals surface area contributed by atoms with Gasteiger partial charge in [0.15, 0.2) is 5.82 Å². The maximum atomic E-state index is 5.46. The van der Waals surface area contributed by atoms with Gasteiger partial charge in [-0.05, 0) is 12.3 Å². The fourth-order valence-electron chi connectivity index (χ4n) is 1.81. The van der Waals surface area contributed by atoms with Crippen molar-refractivity contribution in [2.75, 3.05) is 5.43 Å². The first-order valence-electron chi connectivity index (χ1n) is 6.09. The lowest BCUT2D eigenvalue weighted by Gasteiger charge is -2.09. The van der Waals surface area contributed by atoms with Crippen molar-refractivity contribution < 1.29 is 0 Å². The number of aromatic nitrogens is 2. The van der Waals surface area contributed by atoms with Crippen LogP contribution in [0.1, 0.15) is 19.5 Å². The van der Waals surface area contributed by atoms with Crippen molar-refractivity contribution in [2.45, 2.75) is 20.3 Å². The van der Waals surface area contributed by atoms with Gasteiger partial charge in [0.2, 0.25) is 0 Å². The molecule has 4 heteroatoms. The zero-order valence-corrected chi connectivity index (χ0v) is 10.7. The maximum absolute atomic E-state index is 5.46. The van der Waals surface area contributed by atoms with Gasteiger partial charge in [0.25, 0.3) is 0 Å². The van der Waals surface area contributed by atoms with E-state index in [0.717, 1.165) is 17.7 Å². The molecule has 0 saturated carbocycles. The highest BCUT2D eigenvalue weighted by Crippen LogP contribution is 2.18. The lowest BCUT2D eigenvalue weighted by molar-refractivity contribution is 0.635. The summed E-state index contributed by atoms with van der Waals surface area (Å²) in [7, 11) is 0. The van der Waals surface area contributed by atoms with Gasteiger partial charge in [0.05, 0.1) is 0 Å². The van der Waals surface area contributed by atoms with E-state index in [-0.39, 0.29) is 0 Å². The molecule has 0 atom stereocenters. The second-order valence-electron chi connectivity index (χ2n) is 4.68. The van der Waals surface area contributed by atoms with Crippen LogP contribution in [0.15, 0.2) is 36.4 Å². The van der Waals surface area contributed by atoms with Crippen LogP contribution in [-0.4, -0.2) is 9.97 Å². The number of rotatable bonds is 4. The fourth-order valence-corrected chi connectivity index (χ4v) is 1.81. The number of benzene rings is 1. The molecule has 0 aliphatic heterocycles. The van der Waals surface area contributed by atoms with E-state index in [4.69, 9.17) is 5.84 Å². The number of anilines is 1. The van der Waals surface area contributed by atoms with Crippen LogP contribution in [0.3, 0.4) is 0 Å². The molecule has 0 amide bonds. The van der Waals surface area contributed by atoms with E-state index >= 15 is 0 Å². The number of hydrogen-bond acceptors (Lipinski definition) is 4. The van der Waals surface area contributed by atoms with Gasteiger partial charge < -0.3 is 5.43 Å². The first-order chi connectivity index (χ1) is 8.69. The van der Waals surface area contributed by atoms with Crippen LogP contribution in [-0.2, 0) is 6.42 Å². The number of nitrogens with one attached hydrogen (secondary N) is 1. The van der Waals surface area contributed by atoms with Gasteiger partial charge in [0.1, 0.15) is 5.82 Å². The zero-order valence-electron chi connectivity index (χ0n) is 10.7. The molecule has 0 aliphatic carbocycles. The van der Waals surface area contributed by atoms with Crippen molar-refractivity contribution in [1.82, 2.24) is 9.97 Å². The Morgan fingerprint density at radius 1 is 1.17 bits per heavy atom. The molecule has 18 heavy (non-hydrogen) atoms. The molecule has 94 valence electrons. The Morgan fingerprint density at radius 3 is 2.50 bits per heavy atom. The van der Waals surface area contributed by atoms with Gasteiger partial charge in [-0.1, -0.05) is 44.2 Å². The minimum Gasteiger partial charge on any atom is -0.308 e. The van der Waals surface area contributed by atoms with Crippen LogP contribution in [0.2, 0.25) is 0 Å². The Hall–Kier alpha value is -1.94. The Balaban J connectivity index is 2.41. The van der Waals surface area contributed by atoms with Gasteiger partial charge in [-0.3, -0.25) is 0 Å². The smallest absolute Gasteiger partial charge is 0.161 e. The monoisotopic (exact) mass is 242 g/mol. The Morgan fingerprint density at radius 2 is 1.89 bits per heavy atom.